The van der Waals surface area contributed by atoms with Crippen LogP contribution in [0.5, 0.6) is 0 Å². The third-order valence-corrected chi connectivity index (χ3v) is 3.43. The second-order valence-electron chi connectivity index (χ2n) is 2.62. The van der Waals surface area contributed by atoms with Gasteiger partial charge in [0, 0.05) is 5.75 Å². The molecule has 0 aromatic rings. The number of ether oxygens (including phenoxy) is 1. The van der Waals surface area contributed by atoms with Gasteiger partial charge in [0.1, 0.15) is 0 Å². The first-order valence-electron chi connectivity index (χ1n) is 3.71. The molecule has 0 spiro atoms. The van der Waals surface area contributed by atoms with Crippen LogP contribution in [-0.2, 0) is 19.4 Å². The van der Waals surface area contributed by atoms with Crippen LogP contribution in [0, 0.1) is 5.92 Å². The Hall–Kier alpha value is -0.580. The van der Waals surface area contributed by atoms with Gasteiger partial charge in [0.05, 0.1) is 18.8 Å². The molecule has 0 amide bonds. The molecule has 0 rings (SSSR count). The van der Waals surface area contributed by atoms with Crippen LogP contribution < -0.4 is 0 Å². The zero-order chi connectivity index (χ0) is 9.78. The molecule has 1 atom stereocenters. The molecule has 1 unspecified atom stereocenters. The maximum Gasteiger partial charge on any atom is 0.309 e. The molecule has 12 heavy (non-hydrogen) atoms. The Kier molecular flexibility index (Phi) is 4.23. The molecule has 0 aliphatic rings. The molecule has 0 saturated heterocycles. The van der Waals surface area contributed by atoms with Crippen molar-refractivity contribution in [1.82, 2.24) is 0 Å². The summed E-state index contributed by atoms with van der Waals surface area (Å²) in [7, 11) is -1.83. The zero-order valence-corrected chi connectivity index (χ0v) is 8.35. The summed E-state index contributed by atoms with van der Waals surface area (Å²) in [4.78, 5) is 10.8. The largest absolute Gasteiger partial charge is 0.469 e. The molecular formula is C7H14O4S. The Labute approximate surface area is 72.8 Å². The van der Waals surface area contributed by atoms with Gasteiger partial charge >= 0.3 is 5.97 Å². The van der Waals surface area contributed by atoms with E-state index >= 15 is 0 Å². The van der Waals surface area contributed by atoms with Gasteiger partial charge in [-0.15, -0.1) is 0 Å². The van der Waals surface area contributed by atoms with Crippen molar-refractivity contribution >= 4 is 15.8 Å². The highest BCUT2D eigenvalue weighted by atomic mass is 32.2. The fourth-order valence-electron chi connectivity index (χ4n) is 0.768. The monoisotopic (exact) mass is 194 g/mol. The Morgan fingerprint density at radius 3 is 2.33 bits per heavy atom. The summed E-state index contributed by atoms with van der Waals surface area (Å²) in [6.45, 7) is 3.10. The quantitative estimate of drug-likeness (QED) is 0.601. The van der Waals surface area contributed by atoms with Crippen molar-refractivity contribution in [2.45, 2.75) is 13.8 Å². The molecule has 0 saturated carbocycles. The summed E-state index contributed by atoms with van der Waals surface area (Å²) >= 11 is 0. The van der Waals surface area contributed by atoms with Crippen LogP contribution in [0.1, 0.15) is 13.8 Å². The predicted molar refractivity (Wildman–Crippen MR) is 45.5 cm³/mol. The lowest BCUT2D eigenvalue weighted by molar-refractivity contribution is -0.144. The van der Waals surface area contributed by atoms with Gasteiger partial charge in [-0.1, -0.05) is 13.8 Å². The Bertz CT molecular complexity index is 242. The number of esters is 1. The van der Waals surface area contributed by atoms with Gasteiger partial charge in [0.2, 0.25) is 0 Å². The second-order valence-corrected chi connectivity index (χ2v) is 5.02. The lowest BCUT2D eigenvalue weighted by Gasteiger charge is -2.07. The Balaban J connectivity index is 4.19. The SMILES string of the molecule is CCS(=O)(=O)CC(C)C(=O)OC. The van der Waals surface area contributed by atoms with Gasteiger partial charge in [0.15, 0.2) is 9.84 Å². The van der Waals surface area contributed by atoms with E-state index in [-0.39, 0.29) is 11.5 Å². The fraction of sp³-hybridized carbons (Fsp3) is 0.857. The molecule has 0 fully saturated rings. The topological polar surface area (TPSA) is 60.4 Å². The van der Waals surface area contributed by atoms with E-state index in [2.05, 4.69) is 4.74 Å². The molecule has 0 N–H and O–H groups in total. The van der Waals surface area contributed by atoms with Crippen molar-refractivity contribution in [2.24, 2.45) is 5.92 Å². The van der Waals surface area contributed by atoms with Gasteiger partial charge < -0.3 is 4.74 Å². The van der Waals surface area contributed by atoms with Gasteiger partial charge in [0.25, 0.3) is 0 Å². The summed E-state index contributed by atoms with van der Waals surface area (Å²) in [5.41, 5.74) is 0. The lowest BCUT2D eigenvalue weighted by Crippen LogP contribution is -2.23. The molecule has 72 valence electrons. The molecule has 0 radical (unpaired) electrons. The highest BCUT2D eigenvalue weighted by Crippen LogP contribution is 2.03. The summed E-state index contributed by atoms with van der Waals surface area (Å²) in [5.74, 6) is -1.11. The standard InChI is InChI=1S/C7H14O4S/c1-4-12(9,10)5-6(2)7(8)11-3/h6H,4-5H2,1-3H3. The first-order chi connectivity index (χ1) is 5.43. The Morgan fingerprint density at radius 1 is 1.50 bits per heavy atom. The third-order valence-electron chi connectivity index (χ3n) is 1.55. The molecule has 5 heteroatoms. The minimum absolute atomic E-state index is 0.0638. The second kappa shape index (κ2) is 4.45. The van der Waals surface area contributed by atoms with Crippen molar-refractivity contribution in [3.63, 3.8) is 0 Å². The highest BCUT2D eigenvalue weighted by molar-refractivity contribution is 7.91. The van der Waals surface area contributed by atoms with E-state index in [4.69, 9.17) is 0 Å². The van der Waals surface area contributed by atoms with E-state index in [1.807, 2.05) is 0 Å². The smallest absolute Gasteiger partial charge is 0.309 e. The van der Waals surface area contributed by atoms with E-state index < -0.39 is 21.7 Å². The van der Waals surface area contributed by atoms with E-state index in [0.717, 1.165) is 0 Å². The summed E-state index contributed by atoms with van der Waals surface area (Å²) in [6.07, 6.45) is 0. The molecule has 0 aromatic heterocycles. The van der Waals surface area contributed by atoms with Crippen LogP contribution in [0.3, 0.4) is 0 Å². The van der Waals surface area contributed by atoms with E-state index in [0.29, 0.717) is 0 Å². The van der Waals surface area contributed by atoms with Crippen molar-refractivity contribution in [3.8, 4) is 0 Å². The number of rotatable bonds is 4. The molecule has 0 bridgehead atoms. The van der Waals surface area contributed by atoms with Crippen molar-refractivity contribution in [3.05, 3.63) is 0 Å². The maximum absolute atomic E-state index is 11.0. The van der Waals surface area contributed by atoms with Crippen LogP contribution >= 0.6 is 0 Å². The van der Waals surface area contributed by atoms with Gasteiger partial charge in [-0.2, -0.15) is 0 Å². The molecule has 0 aromatic carbocycles. The lowest BCUT2D eigenvalue weighted by atomic mass is 10.2. The van der Waals surface area contributed by atoms with Gasteiger partial charge in [-0.3, -0.25) is 4.79 Å². The minimum atomic E-state index is -3.07. The van der Waals surface area contributed by atoms with Crippen LogP contribution in [-0.4, -0.2) is 33.0 Å². The van der Waals surface area contributed by atoms with E-state index in [9.17, 15) is 13.2 Å². The molecular weight excluding hydrogens is 180 g/mol. The number of carbonyl (C=O) groups is 1. The van der Waals surface area contributed by atoms with Crippen LogP contribution in [0.15, 0.2) is 0 Å². The number of methoxy groups -OCH3 is 1. The number of carbonyl (C=O) groups excluding carboxylic acids is 1. The van der Waals surface area contributed by atoms with Crippen molar-refractivity contribution in [2.75, 3.05) is 18.6 Å². The first kappa shape index (κ1) is 11.4. The molecule has 4 nitrogen and oxygen atoms in total. The average molecular weight is 194 g/mol. The van der Waals surface area contributed by atoms with Gasteiger partial charge in [-0.25, -0.2) is 8.42 Å². The molecule has 0 aliphatic heterocycles. The number of hydrogen-bond donors (Lipinski definition) is 0. The third kappa shape index (κ3) is 3.71. The van der Waals surface area contributed by atoms with Crippen LogP contribution in [0.25, 0.3) is 0 Å². The fourth-order valence-corrected chi connectivity index (χ4v) is 1.90. The zero-order valence-electron chi connectivity index (χ0n) is 7.53. The summed E-state index contributed by atoms with van der Waals surface area (Å²) in [6, 6.07) is 0. The van der Waals surface area contributed by atoms with Crippen molar-refractivity contribution < 1.29 is 17.9 Å². The first-order valence-corrected chi connectivity index (χ1v) is 5.53. The minimum Gasteiger partial charge on any atom is -0.469 e. The number of sulfone groups is 1. The normalized spacial score (nSPS) is 13.9. The average Bonchev–Trinajstić information content (AvgIpc) is 2.02. The van der Waals surface area contributed by atoms with Crippen LogP contribution in [0.4, 0.5) is 0 Å². The predicted octanol–water partition coefficient (Wildman–Crippen LogP) is 0.230. The summed E-state index contributed by atoms with van der Waals surface area (Å²) in [5, 5.41) is 0. The molecule has 0 heterocycles. The van der Waals surface area contributed by atoms with E-state index in [1.165, 1.54) is 7.11 Å². The molecule has 0 aliphatic carbocycles. The Morgan fingerprint density at radius 2 is 2.00 bits per heavy atom. The maximum atomic E-state index is 11.0. The number of hydrogen-bond acceptors (Lipinski definition) is 4. The highest BCUT2D eigenvalue weighted by Gasteiger charge is 2.20. The van der Waals surface area contributed by atoms with Gasteiger partial charge in [-0.05, 0) is 0 Å². The summed E-state index contributed by atoms with van der Waals surface area (Å²) < 4.78 is 26.4. The van der Waals surface area contributed by atoms with Crippen LogP contribution in [0.2, 0.25) is 0 Å². The van der Waals surface area contributed by atoms with Crippen molar-refractivity contribution in [1.29, 1.82) is 0 Å². The van der Waals surface area contributed by atoms with E-state index in [1.54, 1.807) is 13.8 Å².